The van der Waals surface area contributed by atoms with Crippen molar-refractivity contribution in [3.63, 3.8) is 0 Å². The van der Waals surface area contributed by atoms with Crippen LogP contribution in [0.1, 0.15) is 17.7 Å². The van der Waals surface area contributed by atoms with Crippen LogP contribution in [0.5, 0.6) is 5.88 Å². The summed E-state index contributed by atoms with van der Waals surface area (Å²) in [5, 5.41) is 11.3. The lowest BCUT2D eigenvalue weighted by atomic mass is 10.1. The van der Waals surface area contributed by atoms with E-state index >= 15 is 0 Å². The second kappa shape index (κ2) is 7.03. The molecule has 2 aromatic heterocycles. The maximum Gasteiger partial charge on any atom is 0.232 e. The van der Waals surface area contributed by atoms with E-state index in [2.05, 4.69) is 20.1 Å². The lowest BCUT2D eigenvalue weighted by molar-refractivity contribution is 0.297. The van der Waals surface area contributed by atoms with Crippen LogP contribution in [0.3, 0.4) is 0 Å². The molecule has 0 saturated carbocycles. The van der Waals surface area contributed by atoms with Crippen molar-refractivity contribution in [2.45, 2.75) is 12.8 Å². The molecule has 0 saturated heterocycles. The highest BCUT2D eigenvalue weighted by Crippen LogP contribution is 2.06. The van der Waals surface area contributed by atoms with Gasteiger partial charge in [0.15, 0.2) is 5.84 Å². The standard InChI is InChI=1S/C13H15N5O2/c14-13(18-19)11-8-17-12(9-16-11)20-7-1-2-10-3-5-15-6-4-10/h3-6,8-9,19H,1-2,7H2,(H2,14,18). The lowest BCUT2D eigenvalue weighted by Crippen LogP contribution is -2.15. The minimum Gasteiger partial charge on any atom is -0.477 e. The van der Waals surface area contributed by atoms with E-state index in [0.29, 0.717) is 18.2 Å². The van der Waals surface area contributed by atoms with Crippen LogP contribution < -0.4 is 10.5 Å². The predicted molar refractivity (Wildman–Crippen MR) is 72.6 cm³/mol. The molecule has 0 aliphatic heterocycles. The van der Waals surface area contributed by atoms with Gasteiger partial charge in [0.25, 0.3) is 0 Å². The monoisotopic (exact) mass is 273 g/mol. The Hall–Kier alpha value is -2.70. The first-order valence-corrected chi connectivity index (χ1v) is 6.11. The van der Waals surface area contributed by atoms with E-state index in [1.54, 1.807) is 12.4 Å². The van der Waals surface area contributed by atoms with Crippen LogP contribution in [0, 0.1) is 0 Å². The summed E-state index contributed by atoms with van der Waals surface area (Å²) in [4.78, 5) is 12.0. The molecule has 0 unspecified atom stereocenters. The van der Waals surface area contributed by atoms with E-state index in [-0.39, 0.29) is 5.84 Å². The van der Waals surface area contributed by atoms with Crippen LogP contribution >= 0.6 is 0 Å². The minimum atomic E-state index is -0.0817. The van der Waals surface area contributed by atoms with Crippen LogP contribution in [-0.2, 0) is 6.42 Å². The first kappa shape index (κ1) is 13.7. The predicted octanol–water partition coefficient (Wildman–Crippen LogP) is 0.978. The Morgan fingerprint density at radius 3 is 2.70 bits per heavy atom. The number of nitrogens with zero attached hydrogens (tertiary/aromatic N) is 4. The van der Waals surface area contributed by atoms with Crippen LogP contribution in [0.4, 0.5) is 0 Å². The Balaban J connectivity index is 1.77. The normalized spacial score (nSPS) is 11.3. The number of nitrogens with two attached hydrogens (primary N) is 1. The summed E-state index contributed by atoms with van der Waals surface area (Å²) < 4.78 is 5.46. The van der Waals surface area contributed by atoms with Gasteiger partial charge in [0.05, 0.1) is 19.0 Å². The summed E-state index contributed by atoms with van der Waals surface area (Å²) in [6.07, 6.45) is 8.17. The minimum absolute atomic E-state index is 0.0817. The van der Waals surface area contributed by atoms with Crippen LogP contribution in [0.2, 0.25) is 0 Å². The average molecular weight is 273 g/mol. The summed E-state index contributed by atoms with van der Waals surface area (Å²) in [5.41, 5.74) is 6.90. The van der Waals surface area contributed by atoms with E-state index < -0.39 is 0 Å². The molecule has 0 fully saturated rings. The first-order valence-electron chi connectivity index (χ1n) is 6.11. The van der Waals surface area contributed by atoms with Gasteiger partial charge in [0.1, 0.15) is 5.69 Å². The molecule has 7 heteroatoms. The largest absolute Gasteiger partial charge is 0.477 e. The lowest BCUT2D eigenvalue weighted by Gasteiger charge is -2.05. The van der Waals surface area contributed by atoms with E-state index in [1.165, 1.54) is 18.0 Å². The number of amidine groups is 1. The van der Waals surface area contributed by atoms with E-state index in [9.17, 15) is 0 Å². The Morgan fingerprint density at radius 1 is 1.25 bits per heavy atom. The Bertz CT molecular complexity index is 557. The van der Waals surface area contributed by atoms with Crippen molar-refractivity contribution in [1.29, 1.82) is 0 Å². The van der Waals surface area contributed by atoms with Gasteiger partial charge in [-0.2, -0.15) is 0 Å². The molecule has 2 aromatic rings. The second-order valence-electron chi connectivity index (χ2n) is 4.03. The first-order chi connectivity index (χ1) is 9.79. The summed E-state index contributed by atoms with van der Waals surface area (Å²) in [7, 11) is 0. The SMILES string of the molecule is NC(=NO)c1cnc(OCCCc2ccncc2)cn1. The summed E-state index contributed by atoms with van der Waals surface area (Å²) in [5.74, 6) is 0.330. The molecule has 0 aromatic carbocycles. The van der Waals surface area contributed by atoms with Gasteiger partial charge in [-0.3, -0.25) is 4.98 Å². The molecule has 0 spiro atoms. The summed E-state index contributed by atoms with van der Waals surface area (Å²) in [6.45, 7) is 0.542. The highest BCUT2D eigenvalue weighted by atomic mass is 16.5. The highest BCUT2D eigenvalue weighted by molar-refractivity contribution is 5.94. The number of aryl methyl sites for hydroxylation is 1. The van der Waals surface area contributed by atoms with Crippen LogP contribution in [0.25, 0.3) is 0 Å². The molecule has 0 bridgehead atoms. The molecular formula is C13H15N5O2. The number of hydrogen-bond acceptors (Lipinski definition) is 6. The molecule has 0 amide bonds. The van der Waals surface area contributed by atoms with E-state index in [4.69, 9.17) is 15.7 Å². The number of oxime groups is 1. The zero-order chi connectivity index (χ0) is 14.2. The number of aromatic nitrogens is 3. The molecule has 2 heterocycles. The number of ether oxygens (including phenoxy) is 1. The highest BCUT2D eigenvalue weighted by Gasteiger charge is 2.02. The number of rotatable bonds is 6. The fourth-order valence-corrected chi connectivity index (χ4v) is 1.58. The van der Waals surface area contributed by atoms with Gasteiger partial charge in [-0.25, -0.2) is 9.97 Å². The van der Waals surface area contributed by atoms with Gasteiger partial charge in [0, 0.05) is 12.4 Å². The smallest absolute Gasteiger partial charge is 0.232 e. The molecule has 0 atom stereocenters. The molecule has 7 nitrogen and oxygen atoms in total. The Morgan fingerprint density at radius 2 is 2.05 bits per heavy atom. The maximum absolute atomic E-state index is 8.50. The number of hydrogen-bond donors (Lipinski definition) is 2. The van der Waals surface area contributed by atoms with E-state index in [0.717, 1.165) is 12.8 Å². The van der Waals surface area contributed by atoms with E-state index in [1.807, 2.05) is 12.1 Å². The zero-order valence-electron chi connectivity index (χ0n) is 10.8. The summed E-state index contributed by atoms with van der Waals surface area (Å²) >= 11 is 0. The van der Waals surface area contributed by atoms with Crippen molar-refractivity contribution in [1.82, 2.24) is 15.0 Å². The third-order valence-corrected chi connectivity index (χ3v) is 2.61. The molecule has 3 N–H and O–H groups in total. The Kier molecular flexibility index (Phi) is 4.82. The van der Waals surface area contributed by atoms with Crippen molar-refractivity contribution >= 4 is 5.84 Å². The van der Waals surface area contributed by atoms with Gasteiger partial charge in [-0.1, -0.05) is 5.16 Å². The molecule has 0 radical (unpaired) electrons. The summed E-state index contributed by atoms with van der Waals surface area (Å²) in [6, 6.07) is 3.96. The maximum atomic E-state index is 8.50. The second-order valence-corrected chi connectivity index (χ2v) is 4.03. The molecule has 2 rings (SSSR count). The van der Waals surface area contributed by atoms with Crippen molar-refractivity contribution in [2.75, 3.05) is 6.61 Å². The molecule has 0 aliphatic carbocycles. The zero-order valence-corrected chi connectivity index (χ0v) is 10.8. The van der Waals surface area contributed by atoms with Gasteiger partial charge < -0.3 is 15.7 Å². The quantitative estimate of drug-likeness (QED) is 0.267. The van der Waals surface area contributed by atoms with Crippen LogP contribution in [0.15, 0.2) is 42.1 Å². The molecular weight excluding hydrogens is 258 g/mol. The molecule has 0 aliphatic rings. The molecule has 20 heavy (non-hydrogen) atoms. The third-order valence-electron chi connectivity index (χ3n) is 2.61. The van der Waals surface area contributed by atoms with Gasteiger partial charge in [0.2, 0.25) is 5.88 Å². The van der Waals surface area contributed by atoms with Crippen molar-refractivity contribution in [2.24, 2.45) is 10.9 Å². The topological polar surface area (TPSA) is 107 Å². The van der Waals surface area contributed by atoms with Gasteiger partial charge >= 0.3 is 0 Å². The van der Waals surface area contributed by atoms with Crippen molar-refractivity contribution < 1.29 is 9.94 Å². The number of pyridine rings is 1. The fourth-order valence-electron chi connectivity index (χ4n) is 1.58. The Labute approximate surface area is 116 Å². The molecule has 104 valence electrons. The van der Waals surface area contributed by atoms with Crippen LogP contribution in [-0.4, -0.2) is 32.6 Å². The van der Waals surface area contributed by atoms with Crippen molar-refractivity contribution in [3.05, 3.63) is 48.2 Å². The van der Waals surface area contributed by atoms with Gasteiger partial charge in [-0.05, 0) is 30.5 Å². The average Bonchev–Trinajstić information content (AvgIpc) is 2.52. The van der Waals surface area contributed by atoms with Crippen molar-refractivity contribution in [3.8, 4) is 5.88 Å². The fraction of sp³-hybridized carbons (Fsp3) is 0.231. The van der Waals surface area contributed by atoms with Gasteiger partial charge in [-0.15, -0.1) is 0 Å². The third kappa shape index (κ3) is 3.91.